The van der Waals surface area contributed by atoms with Gasteiger partial charge in [0.2, 0.25) is 0 Å². The van der Waals surface area contributed by atoms with Gasteiger partial charge >= 0.3 is 11.9 Å². The second-order valence-electron chi connectivity index (χ2n) is 3.66. The molecule has 0 amide bonds. The summed E-state index contributed by atoms with van der Waals surface area (Å²) in [5.74, 6) is -2.37. The Morgan fingerprint density at radius 1 is 1.38 bits per heavy atom. The van der Waals surface area contributed by atoms with Gasteiger partial charge in [-0.25, -0.2) is 0 Å². The number of hydrogen-bond acceptors (Lipinski definition) is 4. The number of carbonyl (C=O) groups is 2. The lowest BCUT2D eigenvalue weighted by Gasteiger charge is -2.17. The Bertz CT molecular complexity index is 226. The second kappa shape index (κ2) is 8.10. The van der Waals surface area contributed by atoms with Crippen LogP contribution in [0.2, 0.25) is 0 Å². The number of carboxylic acids is 1. The van der Waals surface area contributed by atoms with Gasteiger partial charge in [-0.3, -0.25) is 9.59 Å². The van der Waals surface area contributed by atoms with Crippen LogP contribution in [0.4, 0.5) is 0 Å². The van der Waals surface area contributed by atoms with Crippen molar-refractivity contribution in [1.82, 2.24) is 0 Å². The zero-order chi connectivity index (χ0) is 12.6. The highest BCUT2D eigenvalue weighted by molar-refractivity contribution is 5.79. The molecule has 0 aliphatic heterocycles. The third kappa shape index (κ3) is 5.70. The lowest BCUT2D eigenvalue weighted by molar-refractivity contribution is -0.155. The molecule has 0 aliphatic rings. The summed E-state index contributed by atoms with van der Waals surface area (Å²) in [5.41, 5.74) is 0. The molecule has 0 fully saturated rings. The van der Waals surface area contributed by atoms with E-state index in [1.165, 1.54) is 7.11 Å². The average molecular weight is 232 g/mol. The minimum Gasteiger partial charge on any atom is -0.481 e. The van der Waals surface area contributed by atoms with Gasteiger partial charge in [-0.15, -0.1) is 0 Å². The van der Waals surface area contributed by atoms with Crippen molar-refractivity contribution in [2.24, 2.45) is 5.92 Å². The van der Waals surface area contributed by atoms with Crippen molar-refractivity contribution in [2.45, 2.75) is 39.2 Å². The summed E-state index contributed by atoms with van der Waals surface area (Å²) >= 11 is 0. The molecule has 0 rings (SSSR count). The molecule has 94 valence electrons. The maximum absolute atomic E-state index is 11.3. The van der Waals surface area contributed by atoms with E-state index >= 15 is 0 Å². The fraction of sp³-hybridized carbons (Fsp3) is 0.818. The van der Waals surface area contributed by atoms with Crippen LogP contribution in [0.5, 0.6) is 0 Å². The van der Waals surface area contributed by atoms with Crippen LogP contribution in [-0.2, 0) is 19.1 Å². The van der Waals surface area contributed by atoms with Gasteiger partial charge in [-0.05, 0) is 13.3 Å². The SMILES string of the molecule is CCCCOC(=O)CC(C(=O)O)C(C)OC. The molecular formula is C11H20O5. The summed E-state index contributed by atoms with van der Waals surface area (Å²) < 4.78 is 9.81. The van der Waals surface area contributed by atoms with Gasteiger partial charge in [0.05, 0.1) is 25.0 Å². The molecule has 0 spiro atoms. The Labute approximate surface area is 95.7 Å². The van der Waals surface area contributed by atoms with Crippen LogP contribution in [0.25, 0.3) is 0 Å². The van der Waals surface area contributed by atoms with Crippen molar-refractivity contribution in [1.29, 1.82) is 0 Å². The van der Waals surface area contributed by atoms with Gasteiger partial charge in [0.15, 0.2) is 0 Å². The molecular weight excluding hydrogens is 212 g/mol. The van der Waals surface area contributed by atoms with Crippen LogP contribution in [0.3, 0.4) is 0 Å². The van der Waals surface area contributed by atoms with E-state index < -0.39 is 24.0 Å². The standard InChI is InChI=1S/C11H20O5/c1-4-5-6-16-10(12)7-9(11(13)14)8(2)15-3/h8-9H,4-7H2,1-3H3,(H,13,14). The maximum Gasteiger partial charge on any atom is 0.309 e. The van der Waals surface area contributed by atoms with Crippen LogP contribution < -0.4 is 0 Å². The van der Waals surface area contributed by atoms with Crippen LogP contribution in [0.15, 0.2) is 0 Å². The average Bonchev–Trinajstić information content (AvgIpc) is 2.25. The van der Waals surface area contributed by atoms with Crippen LogP contribution in [-0.4, -0.2) is 36.9 Å². The van der Waals surface area contributed by atoms with E-state index in [4.69, 9.17) is 14.6 Å². The van der Waals surface area contributed by atoms with Crippen LogP contribution >= 0.6 is 0 Å². The Morgan fingerprint density at radius 2 is 2.00 bits per heavy atom. The number of unbranched alkanes of at least 4 members (excludes halogenated alkanes) is 1. The molecule has 5 nitrogen and oxygen atoms in total. The topological polar surface area (TPSA) is 72.8 Å². The van der Waals surface area contributed by atoms with Gasteiger partial charge in [-0.1, -0.05) is 13.3 Å². The first-order chi connectivity index (χ1) is 7.52. The minimum absolute atomic E-state index is 0.145. The number of ether oxygens (including phenoxy) is 2. The van der Waals surface area contributed by atoms with Crippen molar-refractivity contribution < 1.29 is 24.2 Å². The molecule has 0 saturated carbocycles. The molecule has 2 atom stereocenters. The Balaban J connectivity index is 4.09. The minimum atomic E-state index is -1.04. The summed E-state index contributed by atoms with van der Waals surface area (Å²) in [6.07, 6.45) is 1.08. The number of aliphatic carboxylic acids is 1. The third-order valence-corrected chi connectivity index (χ3v) is 2.40. The van der Waals surface area contributed by atoms with Gasteiger partial charge in [-0.2, -0.15) is 0 Å². The second-order valence-corrected chi connectivity index (χ2v) is 3.66. The molecule has 0 radical (unpaired) electrons. The summed E-state index contributed by atoms with van der Waals surface area (Å²) in [6.45, 7) is 3.96. The molecule has 0 bridgehead atoms. The number of esters is 1. The fourth-order valence-electron chi connectivity index (χ4n) is 1.19. The number of carbonyl (C=O) groups excluding carboxylic acids is 1. The number of hydrogen-bond donors (Lipinski definition) is 1. The molecule has 1 N–H and O–H groups in total. The highest BCUT2D eigenvalue weighted by Crippen LogP contribution is 2.13. The monoisotopic (exact) mass is 232 g/mol. The fourth-order valence-corrected chi connectivity index (χ4v) is 1.19. The third-order valence-electron chi connectivity index (χ3n) is 2.40. The van der Waals surface area contributed by atoms with E-state index in [9.17, 15) is 9.59 Å². The van der Waals surface area contributed by atoms with Gasteiger partial charge in [0.1, 0.15) is 0 Å². The van der Waals surface area contributed by atoms with Crippen molar-refractivity contribution in [3.8, 4) is 0 Å². The normalized spacial score (nSPS) is 14.2. The number of rotatable bonds is 8. The molecule has 16 heavy (non-hydrogen) atoms. The van der Waals surface area contributed by atoms with Gasteiger partial charge in [0, 0.05) is 7.11 Å². The van der Waals surface area contributed by atoms with E-state index in [2.05, 4.69) is 0 Å². The zero-order valence-corrected chi connectivity index (χ0v) is 10.1. The van der Waals surface area contributed by atoms with Crippen molar-refractivity contribution in [2.75, 3.05) is 13.7 Å². The maximum atomic E-state index is 11.3. The summed E-state index contributed by atoms with van der Waals surface area (Å²) in [6, 6.07) is 0. The number of carboxylic acid groups (broad SMARTS) is 1. The van der Waals surface area contributed by atoms with Crippen molar-refractivity contribution >= 4 is 11.9 Å². The van der Waals surface area contributed by atoms with Gasteiger partial charge in [0.25, 0.3) is 0 Å². The number of methoxy groups -OCH3 is 1. The predicted molar refractivity (Wildman–Crippen MR) is 58.1 cm³/mol. The first-order valence-corrected chi connectivity index (χ1v) is 5.44. The first kappa shape index (κ1) is 14.9. The lowest BCUT2D eigenvalue weighted by atomic mass is 10.00. The molecule has 0 saturated heterocycles. The Kier molecular flexibility index (Phi) is 7.54. The van der Waals surface area contributed by atoms with E-state index in [0.717, 1.165) is 12.8 Å². The lowest BCUT2D eigenvalue weighted by Crippen LogP contribution is -2.30. The van der Waals surface area contributed by atoms with Gasteiger partial charge < -0.3 is 14.6 Å². The molecule has 0 aliphatic carbocycles. The molecule has 0 aromatic heterocycles. The summed E-state index contributed by atoms with van der Waals surface area (Å²) in [7, 11) is 1.42. The highest BCUT2D eigenvalue weighted by Gasteiger charge is 2.28. The summed E-state index contributed by atoms with van der Waals surface area (Å²) in [5, 5.41) is 8.91. The molecule has 0 aromatic carbocycles. The summed E-state index contributed by atoms with van der Waals surface area (Å²) in [4.78, 5) is 22.2. The predicted octanol–water partition coefficient (Wildman–Crippen LogP) is 1.46. The molecule has 0 aromatic rings. The molecule has 2 unspecified atom stereocenters. The zero-order valence-electron chi connectivity index (χ0n) is 10.1. The Hall–Kier alpha value is -1.10. The van der Waals surface area contributed by atoms with Crippen LogP contribution in [0.1, 0.15) is 33.1 Å². The molecule has 5 heteroatoms. The quantitative estimate of drug-likeness (QED) is 0.506. The van der Waals surface area contributed by atoms with Crippen molar-refractivity contribution in [3.05, 3.63) is 0 Å². The largest absolute Gasteiger partial charge is 0.481 e. The molecule has 0 heterocycles. The Morgan fingerprint density at radius 3 is 2.44 bits per heavy atom. The van der Waals surface area contributed by atoms with Crippen molar-refractivity contribution in [3.63, 3.8) is 0 Å². The van der Waals surface area contributed by atoms with E-state index in [1.807, 2.05) is 6.92 Å². The highest BCUT2D eigenvalue weighted by atomic mass is 16.5. The van der Waals surface area contributed by atoms with E-state index in [-0.39, 0.29) is 6.42 Å². The first-order valence-electron chi connectivity index (χ1n) is 5.44. The van der Waals surface area contributed by atoms with Crippen LogP contribution in [0, 0.1) is 5.92 Å². The van der Waals surface area contributed by atoms with E-state index in [0.29, 0.717) is 6.61 Å². The van der Waals surface area contributed by atoms with E-state index in [1.54, 1.807) is 6.92 Å². The smallest absolute Gasteiger partial charge is 0.309 e.